The van der Waals surface area contributed by atoms with E-state index in [4.69, 9.17) is 5.73 Å². The van der Waals surface area contributed by atoms with Gasteiger partial charge in [-0.25, -0.2) is 0 Å². The molecule has 0 amide bonds. The van der Waals surface area contributed by atoms with Crippen LogP contribution in [0, 0.1) is 0 Å². The smallest absolute Gasteiger partial charge is 0.0470 e. The van der Waals surface area contributed by atoms with Crippen molar-refractivity contribution in [3.8, 4) is 0 Å². The Balaban J connectivity index is 2.00. The Bertz CT molecular complexity index is 268. The van der Waals surface area contributed by atoms with Crippen molar-refractivity contribution < 1.29 is 0 Å². The van der Waals surface area contributed by atoms with Crippen LogP contribution in [0.3, 0.4) is 0 Å². The van der Waals surface area contributed by atoms with Crippen molar-refractivity contribution in [2.75, 3.05) is 13.1 Å². The Morgan fingerprint density at radius 2 is 2.50 bits per heavy atom. The van der Waals surface area contributed by atoms with E-state index in [1.54, 1.807) is 0 Å². The van der Waals surface area contributed by atoms with Crippen molar-refractivity contribution in [3.05, 3.63) is 24.0 Å². The molecule has 3 heteroatoms. The Morgan fingerprint density at radius 3 is 3.14 bits per heavy atom. The van der Waals surface area contributed by atoms with E-state index < -0.39 is 0 Å². The van der Waals surface area contributed by atoms with Crippen molar-refractivity contribution in [1.29, 1.82) is 0 Å². The molecule has 78 valence electrons. The first-order valence-corrected chi connectivity index (χ1v) is 5.40. The lowest BCUT2D eigenvalue weighted by Gasteiger charge is -2.34. The highest BCUT2D eigenvalue weighted by molar-refractivity contribution is 5.08. The fourth-order valence-corrected chi connectivity index (χ4v) is 2.19. The molecule has 0 aliphatic carbocycles. The maximum absolute atomic E-state index is 5.96. The van der Waals surface area contributed by atoms with E-state index in [0.29, 0.717) is 12.1 Å². The first kappa shape index (κ1) is 9.74. The second-order valence-corrected chi connectivity index (χ2v) is 4.20. The van der Waals surface area contributed by atoms with Gasteiger partial charge in [-0.05, 0) is 38.4 Å². The van der Waals surface area contributed by atoms with E-state index in [0.717, 1.165) is 6.54 Å². The van der Waals surface area contributed by atoms with Gasteiger partial charge in [0.2, 0.25) is 0 Å². The van der Waals surface area contributed by atoms with Crippen molar-refractivity contribution in [2.24, 2.45) is 5.73 Å². The maximum atomic E-state index is 5.96. The summed E-state index contributed by atoms with van der Waals surface area (Å²) >= 11 is 0. The molecule has 14 heavy (non-hydrogen) atoms. The molecular formula is C11H19N3. The number of nitrogens with zero attached hydrogens (tertiary/aromatic N) is 1. The highest BCUT2D eigenvalue weighted by Gasteiger charge is 2.22. The monoisotopic (exact) mass is 193 g/mol. The summed E-state index contributed by atoms with van der Waals surface area (Å²) in [5.74, 6) is 0. The molecule has 2 atom stereocenters. The summed E-state index contributed by atoms with van der Waals surface area (Å²) in [4.78, 5) is 5.72. The minimum atomic E-state index is 0.362. The summed E-state index contributed by atoms with van der Waals surface area (Å²) < 4.78 is 0. The number of aromatic nitrogens is 1. The summed E-state index contributed by atoms with van der Waals surface area (Å²) in [7, 11) is 0. The Hall–Kier alpha value is -0.800. The lowest BCUT2D eigenvalue weighted by atomic mass is 10.0. The minimum absolute atomic E-state index is 0.362. The standard InChI is InChI=1S/C11H19N3/c1-9(11-5-2-6-13-11)14-7-3-4-10(12)8-14/h2,5-6,9-10,13H,3-4,7-8,12H2,1H3/t9-,10-/m1/s1. The predicted molar refractivity (Wildman–Crippen MR) is 58.0 cm³/mol. The molecule has 0 aromatic carbocycles. The number of piperidine rings is 1. The average molecular weight is 193 g/mol. The number of aromatic amines is 1. The molecule has 1 aliphatic heterocycles. The molecule has 1 saturated heterocycles. The van der Waals surface area contributed by atoms with Gasteiger partial charge in [0.25, 0.3) is 0 Å². The van der Waals surface area contributed by atoms with Crippen molar-refractivity contribution in [2.45, 2.75) is 31.8 Å². The van der Waals surface area contributed by atoms with Gasteiger partial charge < -0.3 is 10.7 Å². The van der Waals surface area contributed by atoms with Gasteiger partial charge in [0.05, 0.1) is 0 Å². The van der Waals surface area contributed by atoms with E-state index in [1.165, 1.54) is 25.1 Å². The van der Waals surface area contributed by atoms with Gasteiger partial charge in [-0.15, -0.1) is 0 Å². The number of likely N-dealkylation sites (tertiary alicyclic amines) is 1. The average Bonchev–Trinajstić information content (AvgIpc) is 2.69. The third-order valence-corrected chi connectivity index (χ3v) is 3.11. The highest BCUT2D eigenvalue weighted by atomic mass is 15.2. The fourth-order valence-electron chi connectivity index (χ4n) is 2.19. The van der Waals surface area contributed by atoms with Crippen LogP contribution in [0.5, 0.6) is 0 Å². The number of nitrogens with two attached hydrogens (primary N) is 1. The molecule has 1 aromatic heterocycles. The van der Waals surface area contributed by atoms with Gasteiger partial charge in [-0.1, -0.05) is 0 Å². The van der Waals surface area contributed by atoms with Gasteiger partial charge >= 0.3 is 0 Å². The third-order valence-electron chi connectivity index (χ3n) is 3.11. The molecule has 1 fully saturated rings. The van der Waals surface area contributed by atoms with E-state index in [-0.39, 0.29) is 0 Å². The van der Waals surface area contributed by atoms with E-state index in [1.807, 2.05) is 6.20 Å². The van der Waals surface area contributed by atoms with E-state index in [2.05, 4.69) is 28.9 Å². The zero-order valence-electron chi connectivity index (χ0n) is 8.74. The number of rotatable bonds is 2. The number of nitrogens with one attached hydrogen (secondary N) is 1. The molecule has 0 unspecified atom stereocenters. The van der Waals surface area contributed by atoms with Gasteiger partial charge in [0.15, 0.2) is 0 Å². The fraction of sp³-hybridized carbons (Fsp3) is 0.636. The van der Waals surface area contributed by atoms with Crippen LogP contribution in [0.4, 0.5) is 0 Å². The first-order valence-electron chi connectivity index (χ1n) is 5.40. The maximum Gasteiger partial charge on any atom is 0.0470 e. The second-order valence-electron chi connectivity index (χ2n) is 4.20. The van der Waals surface area contributed by atoms with Crippen LogP contribution in [0.2, 0.25) is 0 Å². The Kier molecular flexibility index (Phi) is 2.89. The van der Waals surface area contributed by atoms with E-state index >= 15 is 0 Å². The van der Waals surface area contributed by atoms with Gasteiger partial charge in [-0.3, -0.25) is 4.90 Å². The second kappa shape index (κ2) is 4.15. The summed E-state index contributed by atoms with van der Waals surface area (Å²) in [5.41, 5.74) is 7.26. The number of hydrogen-bond acceptors (Lipinski definition) is 2. The minimum Gasteiger partial charge on any atom is -0.364 e. The summed E-state index contributed by atoms with van der Waals surface area (Å²) in [6.45, 7) is 4.44. The molecule has 1 aromatic rings. The van der Waals surface area contributed by atoms with Crippen molar-refractivity contribution in [1.82, 2.24) is 9.88 Å². The lowest BCUT2D eigenvalue weighted by molar-refractivity contribution is 0.157. The predicted octanol–water partition coefficient (Wildman–Crippen LogP) is 1.50. The van der Waals surface area contributed by atoms with Crippen LogP contribution in [0.1, 0.15) is 31.5 Å². The van der Waals surface area contributed by atoms with Crippen molar-refractivity contribution >= 4 is 0 Å². The van der Waals surface area contributed by atoms with Crippen molar-refractivity contribution in [3.63, 3.8) is 0 Å². The van der Waals surface area contributed by atoms with Gasteiger partial charge in [-0.2, -0.15) is 0 Å². The van der Waals surface area contributed by atoms with E-state index in [9.17, 15) is 0 Å². The molecular weight excluding hydrogens is 174 g/mol. The Morgan fingerprint density at radius 1 is 1.64 bits per heavy atom. The SMILES string of the molecule is C[C@H](c1ccc[nH]1)N1CCC[C@@H](N)C1. The zero-order chi connectivity index (χ0) is 9.97. The molecule has 0 spiro atoms. The quantitative estimate of drug-likeness (QED) is 0.747. The van der Waals surface area contributed by atoms with Gasteiger partial charge in [0.1, 0.15) is 0 Å². The van der Waals surface area contributed by atoms with Crippen LogP contribution >= 0.6 is 0 Å². The van der Waals surface area contributed by atoms with Gasteiger partial charge in [0, 0.05) is 30.5 Å². The largest absolute Gasteiger partial charge is 0.364 e. The Labute approximate surface area is 85.3 Å². The number of H-pyrrole nitrogens is 1. The number of hydrogen-bond donors (Lipinski definition) is 2. The van der Waals surface area contributed by atoms with Crippen LogP contribution in [0.15, 0.2) is 18.3 Å². The molecule has 2 rings (SSSR count). The third kappa shape index (κ3) is 1.99. The molecule has 0 bridgehead atoms. The molecule has 0 saturated carbocycles. The molecule has 3 N–H and O–H groups in total. The van der Waals surface area contributed by atoms with Crippen LogP contribution < -0.4 is 5.73 Å². The zero-order valence-corrected chi connectivity index (χ0v) is 8.74. The van der Waals surface area contributed by atoms with Crippen LogP contribution in [-0.2, 0) is 0 Å². The highest BCUT2D eigenvalue weighted by Crippen LogP contribution is 2.22. The molecule has 3 nitrogen and oxygen atoms in total. The molecule has 0 radical (unpaired) electrons. The van der Waals surface area contributed by atoms with Crippen LogP contribution in [-0.4, -0.2) is 29.0 Å². The normalized spacial score (nSPS) is 26.3. The summed E-state index contributed by atoms with van der Waals surface area (Å²) in [6, 6.07) is 5.03. The summed E-state index contributed by atoms with van der Waals surface area (Å²) in [5, 5.41) is 0. The summed E-state index contributed by atoms with van der Waals surface area (Å²) in [6.07, 6.45) is 4.38. The molecule has 1 aliphatic rings. The lowest BCUT2D eigenvalue weighted by Crippen LogP contribution is -2.43. The first-order chi connectivity index (χ1) is 6.77. The molecule has 2 heterocycles. The topological polar surface area (TPSA) is 45.0 Å². The van der Waals surface area contributed by atoms with Crippen LogP contribution in [0.25, 0.3) is 0 Å².